The lowest BCUT2D eigenvalue weighted by Gasteiger charge is -2.36. The molecule has 2 unspecified atom stereocenters. The first kappa shape index (κ1) is 9.08. The topological polar surface area (TPSA) is 29.3 Å². The number of hydrogen-bond donors (Lipinski definition) is 1. The van der Waals surface area contributed by atoms with Gasteiger partial charge in [0, 0.05) is 23.5 Å². The number of anilines is 2. The number of nitrogens with zero attached hydrogens (tertiary/aromatic N) is 1. The molecular weight excluding hydrogens is 184 g/mol. The van der Waals surface area contributed by atoms with E-state index in [0.29, 0.717) is 0 Å². The maximum Gasteiger partial charge on any atom is 0.0372 e. The van der Waals surface area contributed by atoms with Crippen molar-refractivity contribution in [1.82, 2.24) is 0 Å². The molecule has 2 heterocycles. The molecule has 0 aromatic heterocycles. The first-order valence-electron chi connectivity index (χ1n) is 5.98. The molecule has 0 aliphatic carbocycles. The van der Waals surface area contributed by atoms with Crippen molar-refractivity contribution in [3.8, 4) is 0 Å². The van der Waals surface area contributed by atoms with Crippen LogP contribution in [0.4, 0.5) is 11.4 Å². The van der Waals surface area contributed by atoms with Crippen molar-refractivity contribution in [2.45, 2.75) is 44.2 Å². The van der Waals surface area contributed by atoms with Crippen molar-refractivity contribution < 1.29 is 0 Å². The van der Waals surface area contributed by atoms with Crippen LogP contribution in [0, 0.1) is 0 Å². The van der Waals surface area contributed by atoms with Crippen molar-refractivity contribution in [1.29, 1.82) is 0 Å². The van der Waals surface area contributed by atoms with Crippen LogP contribution in [-0.4, -0.2) is 12.1 Å². The van der Waals surface area contributed by atoms with Gasteiger partial charge in [-0.1, -0.05) is 0 Å². The quantitative estimate of drug-likeness (QED) is 0.709. The first-order chi connectivity index (χ1) is 7.34. The minimum absolute atomic E-state index is 0.798. The van der Waals surface area contributed by atoms with Crippen molar-refractivity contribution in [3.63, 3.8) is 0 Å². The van der Waals surface area contributed by atoms with Crippen molar-refractivity contribution in [2.75, 3.05) is 10.6 Å². The summed E-state index contributed by atoms with van der Waals surface area (Å²) in [5.74, 6) is 0. The van der Waals surface area contributed by atoms with Gasteiger partial charge in [-0.25, -0.2) is 0 Å². The zero-order valence-corrected chi connectivity index (χ0v) is 9.02. The Hall–Kier alpha value is -1.18. The lowest BCUT2D eigenvalue weighted by Crippen LogP contribution is -2.39. The Morgan fingerprint density at radius 1 is 0.933 bits per heavy atom. The van der Waals surface area contributed by atoms with Crippen molar-refractivity contribution in [2.24, 2.45) is 0 Å². The van der Waals surface area contributed by atoms with E-state index in [0.717, 1.165) is 17.8 Å². The lowest BCUT2D eigenvalue weighted by atomic mass is 10.0. The molecule has 2 bridgehead atoms. The van der Waals surface area contributed by atoms with E-state index in [1.807, 2.05) is 12.1 Å². The molecule has 1 aromatic rings. The molecule has 2 N–H and O–H groups in total. The summed E-state index contributed by atoms with van der Waals surface area (Å²) < 4.78 is 0. The minimum Gasteiger partial charge on any atom is -0.399 e. The molecule has 2 nitrogen and oxygen atoms in total. The second-order valence-electron chi connectivity index (χ2n) is 4.81. The summed E-state index contributed by atoms with van der Waals surface area (Å²) in [5, 5.41) is 0. The van der Waals surface area contributed by atoms with Gasteiger partial charge in [-0.15, -0.1) is 0 Å². The SMILES string of the molecule is Nc1ccc(N2C3CCCC2CC3)cc1. The summed E-state index contributed by atoms with van der Waals surface area (Å²) in [7, 11) is 0. The van der Waals surface area contributed by atoms with Gasteiger partial charge in [-0.3, -0.25) is 0 Å². The largest absolute Gasteiger partial charge is 0.399 e. The van der Waals surface area contributed by atoms with Crippen molar-refractivity contribution in [3.05, 3.63) is 24.3 Å². The predicted octanol–water partition coefficient (Wildman–Crippen LogP) is 2.79. The fourth-order valence-corrected chi connectivity index (χ4v) is 3.19. The Kier molecular flexibility index (Phi) is 2.08. The third kappa shape index (κ3) is 1.48. The average molecular weight is 202 g/mol. The average Bonchev–Trinajstić information content (AvgIpc) is 2.51. The molecule has 1 aromatic carbocycles. The monoisotopic (exact) mass is 202 g/mol. The summed E-state index contributed by atoms with van der Waals surface area (Å²) in [6, 6.07) is 9.98. The molecule has 0 amide bonds. The van der Waals surface area contributed by atoms with Gasteiger partial charge in [0.2, 0.25) is 0 Å². The van der Waals surface area contributed by atoms with Gasteiger partial charge in [-0.2, -0.15) is 0 Å². The lowest BCUT2D eigenvalue weighted by molar-refractivity contribution is 0.468. The van der Waals surface area contributed by atoms with E-state index in [-0.39, 0.29) is 0 Å². The Morgan fingerprint density at radius 2 is 1.53 bits per heavy atom. The molecule has 0 radical (unpaired) electrons. The second-order valence-corrected chi connectivity index (χ2v) is 4.81. The van der Waals surface area contributed by atoms with Crippen molar-refractivity contribution >= 4 is 11.4 Å². The van der Waals surface area contributed by atoms with Gasteiger partial charge in [0.05, 0.1) is 0 Å². The van der Waals surface area contributed by atoms with Crippen LogP contribution in [0.15, 0.2) is 24.3 Å². The second kappa shape index (κ2) is 3.44. The zero-order valence-electron chi connectivity index (χ0n) is 9.02. The van der Waals surface area contributed by atoms with Gasteiger partial charge in [0.1, 0.15) is 0 Å². The molecule has 2 aliphatic heterocycles. The highest BCUT2D eigenvalue weighted by Gasteiger charge is 2.36. The molecule has 2 fully saturated rings. The molecule has 15 heavy (non-hydrogen) atoms. The van der Waals surface area contributed by atoms with E-state index >= 15 is 0 Å². The summed E-state index contributed by atoms with van der Waals surface area (Å²) in [4.78, 5) is 2.63. The number of nitrogen functional groups attached to an aromatic ring is 1. The van der Waals surface area contributed by atoms with Crippen LogP contribution in [0.5, 0.6) is 0 Å². The van der Waals surface area contributed by atoms with E-state index in [1.165, 1.54) is 37.8 Å². The van der Waals surface area contributed by atoms with E-state index in [4.69, 9.17) is 5.73 Å². The van der Waals surface area contributed by atoms with Gasteiger partial charge < -0.3 is 10.6 Å². The summed E-state index contributed by atoms with van der Waals surface area (Å²) >= 11 is 0. The van der Waals surface area contributed by atoms with Crippen LogP contribution < -0.4 is 10.6 Å². The number of piperidine rings is 1. The zero-order chi connectivity index (χ0) is 10.3. The fourth-order valence-electron chi connectivity index (χ4n) is 3.19. The molecule has 2 atom stereocenters. The first-order valence-corrected chi connectivity index (χ1v) is 5.98. The Balaban J connectivity index is 1.90. The molecule has 0 saturated carbocycles. The van der Waals surface area contributed by atoms with E-state index in [1.54, 1.807) is 0 Å². The standard InChI is InChI=1S/C13H18N2/c14-10-4-6-13(7-5-10)15-11-2-1-3-12(15)9-8-11/h4-7,11-12H,1-3,8-9,14H2. The fraction of sp³-hybridized carbons (Fsp3) is 0.538. The highest BCUT2D eigenvalue weighted by molar-refractivity contribution is 5.55. The molecular formula is C13H18N2. The molecule has 80 valence electrons. The predicted molar refractivity (Wildman–Crippen MR) is 64.0 cm³/mol. The Bertz CT molecular complexity index is 328. The summed E-state index contributed by atoms with van der Waals surface area (Å²) in [6.07, 6.45) is 6.94. The number of hydrogen-bond acceptors (Lipinski definition) is 2. The molecule has 2 aliphatic rings. The molecule has 2 heteroatoms. The number of rotatable bonds is 1. The van der Waals surface area contributed by atoms with E-state index < -0.39 is 0 Å². The highest BCUT2D eigenvalue weighted by atomic mass is 15.2. The highest BCUT2D eigenvalue weighted by Crippen LogP contribution is 2.39. The van der Waals surface area contributed by atoms with Crippen LogP contribution in [-0.2, 0) is 0 Å². The Morgan fingerprint density at radius 3 is 2.13 bits per heavy atom. The van der Waals surface area contributed by atoms with Crippen LogP contribution >= 0.6 is 0 Å². The molecule has 0 spiro atoms. The molecule has 2 saturated heterocycles. The normalized spacial score (nSPS) is 29.5. The van der Waals surface area contributed by atoms with E-state index in [9.17, 15) is 0 Å². The maximum absolute atomic E-state index is 5.72. The van der Waals surface area contributed by atoms with E-state index in [2.05, 4.69) is 17.0 Å². The van der Waals surface area contributed by atoms with Gasteiger partial charge >= 0.3 is 0 Å². The van der Waals surface area contributed by atoms with Gasteiger partial charge in [0.15, 0.2) is 0 Å². The molecule has 3 rings (SSSR count). The minimum atomic E-state index is 0.798. The number of benzene rings is 1. The Labute approximate surface area is 91.1 Å². The van der Waals surface area contributed by atoms with Crippen LogP contribution in [0.2, 0.25) is 0 Å². The third-order valence-corrected chi connectivity index (χ3v) is 3.89. The van der Waals surface area contributed by atoms with Crippen LogP contribution in [0.1, 0.15) is 32.1 Å². The maximum atomic E-state index is 5.72. The summed E-state index contributed by atoms with van der Waals surface area (Å²) in [5.41, 5.74) is 7.96. The summed E-state index contributed by atoms with van der Waals surface area (Å²) in [6.45, 7) is 0. The number of fused-ring (bicyclic) bond motifs is 2. The van der Waals surface area contributed by atoms with Gasteiger partial charge in [-0.05, 0) is 56.4 Å². The van der Waals surface area contributed by atoms with Crippen LogP contribution in [0.25, 0.3) is 0 Å². The van der Waals surface area contributed by atoms with Gasteiger partial charge in [0.25, 0.3) is 0 Å². The van der Waals surface area contributed by atoms with Crippen LogP contribution in [0.3, 0.4) is 0 Å². The number of nitrogens with two attached hydrogens (primary N) is 1. The third-order valence-electron chi connectivity index (χ3n) is 3.89. The smallest absolute Gasteiger partial charge is 0.0372 e.